The lowest BCUT2D eigenvalue weighted by molar-refractivity contribution is -0.158. The van der Waals surface area contributed by atoms with Crippen LogP contribution in [0.1, 0.15) is 47.0 Å². The number of rotatable bonds is 5. The molecule has 0 radical (unpaired) electrons. The summed E-state index contributed by atoms with van der Waals surface area (Å²) in [4.78, 5) is 14.3. The van der Waals surface area contributed by atoms with Crippen LogP contribution >= 0.6 is 0 Å². The lowest BCUT2D eigenvalue weighted by Crippen LogP contribution is -2.55. The molecular weight excluding hydrogens is 228 g/mol. The van der Waals surface area contributed by atoms with E-state index in [2.05, 4.69) is 17.1 Å². The van der Waals surface area contributed by atoms with Crippen LogP contribution in [0.25, 0.3) is 0 Å². The number of carbonyl (C=O) groups excluding carboxylic acids is 1. The van der Waals surface area contributed by atoms with Crippen molar-refractivity contribution < 1.29 is 9.53 Å². The third-order valence-electron chi connectivity index (χ3n) is 3.03. The molecule has 1 unspecified atom stereocenters. The van der Waals surface area contributed by atoms with Crippen LogP contribution < -0.4 is 5.32 Å². The molecule has 1 saturated heterocycles. The number of nitrogens with zero attached hydrogens (tertiary/aromatic N) is 1. The van der Waals surface area contributed by atoms with E-state index in [9.17, 15) is 4.79 Å². The molecule has 1 heterocycles. The first-order valence-corrected chi connectivity index (χ1v) is 7.11. The van der Waals surface area contributed by atoms with Crippen LogP contribution in [0.3, 0.4) is 0 Å². The summed E-state index contributed by atoms with van der Waals surface area (Å²) in [7, 11) is 0. The van der Waals surface area contributed by atoms with E-state index in [1.54, 1.807) is 0 Å². The van der Waals surface area contributed by atoms with Crippen molar-refractivity contribution in [1.29, 1.82) is 0 Å². The van der Waals surface area contributed by atoms with E-state index in [4.69, 9.17) is 4.74 Å². The maximum absolute atomic E-state index is 12.0. The van der Waals surface area contributed by atoms with Crippen molar-refractivity contribution in [1.82, 2.24) is 10.2 Å². The molecule has 106 valence electrons. The largest absolute Gasteiger partial charge is 0.459 e. The van der Waals surface area contributed by atoms with Crippen molar-refractivity contribution in [3.05, 3.63) is 0 Å². The molecule has 0 amide bonds. The zero-order valence-electron chi connectivity index (χ0n) is 12.3. The maximum atomic E-state index is 12.0. The summed E-state index contributed by atoms with van der Waals surface area (Å²) in [5.74, 6) is -0.123. The number of nitrogens with one attached hydrogen (secondary N) is 1. The van der Waals surface area contributed by atoms with Gasteiger partial charge >= 0.3 is 5.97 Å². The van der Waals surface area contributed by atoms with Gasteiger partial charge in [-0.2, -0.15) is 0 Å². The molecule has 0 aromatic heterocycles. The number of hydrogen-bond donors (Lipinski definition) is 1. The Morgan fingerprint density at radius 1 is 1.39 bits per heavy atom. The highest BCUT2D eigenvalue weighted by Crippen LogP contribution is 2.11. The number of esters is 1. The second kappa shape index (κ2) is 7.10. The van der Waals surface area contributed by atoms with Gasteiger partial charge in [0.25, 0.3) is 0 Å². The van der Waals surface area contributed by atoms with Gasteiger partial charge in [-0.25, -0.2) is 0 Å². The monoisotopic (exact) mass is 256 g/mol. The van der Waals surface area contributed by atoms with Gasteiger partial charge in [0.15, 0.2) is 0 Å². The summed E-state index contributed by atoms with van der Waals surface area (Å²) in [6.07, 6.45) is 3.72. The molecule has 1 atom stereocenters. The number of unbranched alkanes of at least 4 members (excludes halogenated alkanes) is 2. The molecule has 4 nitrogen and oxygen atoms in total. The highest BCUT2D eigenvalue weighted by Gasteiger charge is 2.29. The van der Waals surface area contributed by atoms with Gasteiger partial charge < -0.3 is 10.1 Å². The Labute approximate surface area is 111 Å². The molecule has 4 heteroatoms. The molecule has 1 N–H and O–H groups in total. The van der Waals surface area contributed by atoms with Crippen LogP contribution in [0, 0.1) is 0 Å². The molecule has 1 rings (SSSR count). The molecular formula is C14H28N2O2. The molecule has 0 aromatic carbocycles. The van der Waals surface area contributed by atoms with Gasteiger partial charge in [-0.05, 0) is 33.7 Å². The third-order valence-corrected chi connectivity index (χ3v) is 3.03. The topological polar surface area (TPSA) is 41.6 Å². The smallest absolute Gasteiger partial charge is 0.324 e. The quantitative estimate of drug-likeness (QED) is 0.601. The standard InChI is InChI=1S/C14H28N2O2/c1-5-6-7-9-16-10-8-15-12(11-16)13(17)18-14(2,3)4/h12,15H,5-11H2,1-4H3. The summed E-state index contributed by atoms with van der Waals surface area (Å²) >= 11 is 0. The molecule has 0 spiro atoms. The Morgan fingerprint density at radius 2 is 2.11 bits per heavy atom. The van der Waals surface area contributed by atoms with Crippen molar-refractivity contribution in [2.24, 2.45) is 0 Å². The fourth-order valence-electron chi connectivity index (χ4n) is 2.13. The van der Waals surface area contributed by atoms with E-state index in [0.29, 0.717) is 0 Å². The zero-order valence-corrected chi connectivity index (χ0v) is 12.3. The normalized spacial score (nSPS) is 21.9. The second-order valence-electron chi connectivity index (χ2n) is 6.05. The predicted molar refractivity (Wildman–Crippen MR) is 73.6 cm³/mol. The number of carbonyl (C=O) groups is 1. The maximum Gasteiger partial charge on any atom is 0.324 e. The van der Waals surface area contributed by atoms with E-state index in [-0.39, 0.29) is 12.0 Å². The van der Waals surface area contributed by atoms with E-state index in [1.807, 2.05) is 20.8 Å². The average molecular weight is 256 g/mol. The molecule has 0 saturated carbocycles. The number of ether oxygens (including phenoxy) is 1. The van der Waals surface area contributed by atoms with Crippen LogP contribution in [0.15, 0.2) is 0 Å². The van der Waals surface area contributed by atoms with E-state index in [1.165, 1.54) is 19.3 Å². The van der Waals surface area contributed by atoms with Gasteiger partial charge in [0.05, 0.1) is 0 Å². The van der Waals surface area contributed by atoms with Gasteiger partial charge in [0, 0.05) is 19.6 Å². The first-order valence-electron chi connectivity index (χ1n) is 7.11. The summed E-state index contributed by atoms with van der Waals surface area (Å²) in [5.41, 5.74) is -0.400. The molecule has 0 bridgehead atoms. The summed E-state index contributed by atoms with van der Waals surface area (Å²) in [6, 6.07) is -0.167. The Bertz CT molecular complexity index is 261. The number of piperazine rings is 1. The minimum absolute atomic E-state index is 0.123. The first kappa shape index (κ1) is 15.4. The third kappa shape index (κ3) is 5.83. The molecule has 0 aromatic rings. The summed E-state index contributed by atoms with van der Waals surface area (Å²) in [6.45, 7) is 11.7. The van der Waals surface area contributed by atoms with Crippen molar-refractivity contribution in [2.45, 2.75) is 58.6 Å². The Hall–Kier alpha value is -0.610. The summed E-state index contributed by atoms with van der Waals surface area (Å²) < 4.78 is 5.42. The van der Waals surface area contributed by atoms with Crippen molar-refractivity contribution in [2.75, 3.05) is 26.2 Å². The zero-order chi connectivity index (χ0) is 13.6. The lowest BCUT2D eigenvalue weighted by Gasteiger charge is -2.33. The molecule has 0 aliphatic carbocycles. The highest BCUT2D eigenvalue weighted by molar-refractivity contribution is 5.76. The second-order valence-corrected chi connectivity index (χ2v) is 6.05. The first-order chi connectivity index (χ1) is 8.42. The number of hydrogen-bond acceptors (Lipinski definition) is 4. The van der Waals surface area contributed by atoms with Crippen LogP contribution in [-0.2, 0) is 9.53 Å². The van der Waals surface area contributed by atoms with Gasteiger partial charge in [0.1, 0.15) is 11.6 Å². The van der Waals surface area contributed by atoms with E-state index in [0.717, 1.165) is 26.2 Å². The average Bonchev–Trinajstić information content (AvgIpc) is 2.27. The SMILES string of the molecule is CCCCCN1CCNC(C(=O)OC(C)(C)C)C1. The fraction of sp³-hybridized carbons (Fsp3) is 0.929. The van der Waals surface area contributed by atoms with E-state index >= 15 is 0 Å². The van der Waals surface area contributed by atoms with Gasteiger partial charge in [0.2, 0.25) is 0 Å². The van der Waals surface area contributed by atoms with Gasteiger partial charge in [-0.15, -0.1) is 0 Å². The van der Waals surface area contributed by atoms with Gasteiger partial charge in [-0.1, -0.05) is 19.8 Å². The Balaban J connectivity index is 2.36. The molecule has 18 heavy (non-hydrogen) atoms. The van der Waals surface area contributed by atoms with Crippen molar-refractivity contribution >= 4 is 5.97 Å². The lowest BCUT2D eigenvalue weighted by atomic mass is 10.1. The molecule has 1 aliphatic rings. The van der Waals surface area contributed by atoms with E-state index < -0.39 is 5.60 Å². The summed E-state index contributed by atoms with van der Waals surface area (Å²) in [5, 5.41) is 3.25. The van der Waals surface area contributed by atoms with Gasteiger partial charge in [-0.3, -0.25) is 9.69 Å². The highest BCUT2D eigenvalue weighted by atomic mass is 16.6. The van der Waals surface area contributed by atoms with Crippen molar-refractivity contribution in [3.8, 4) is 0 Å². The van der Waals surface area contributed by atoms with Crippen LogP contribution in [0.2, 0.25) is 0 Å². The Kier molecular flexibility index (Phi) is 6.09. The van der Waals surface area contributed by atoms with Crippen LogP contribution in [0.4, 0.5) is 0 Å². The Morgan fingerprint density at radius 3 is 2.72 bits per heavy atom. The molecule has 1 fully saturated rings. The van der Waals surface area contributed by atoms with Crippen molar-refractivity contribution in [3.63, 3.8) is 0 Å². The fourth-order valence-corrected chi connectivity index (χ4v) is 2.13. The predicted octanol–water partition coefficient (Wildman–Crippen LogP) is 1.79. The minimum atomic E-state index is -0.400. The minimum Gasteiger partial charge on any atom is -0.459 e. The molecule has 1 aliphatic heterocycles. The van der Waals surface area contributed by atoms with Crippen LogP contribution in [0.5, 0.6) is 0 Å². The van der Waals surface area contributed by atoms with Crippen LogP contribution in [-0.4, -0.2) is 48.7 Å².